The van der Waals surface area contributed by atoms with Crippen molar-refractivity contribution < 1.29 is 18.9 Å². The quantitative estimate of drug-likeness (QED) is 0.516. The van der Waals surface area contributed by atoms with Crippen LogP contribution in [0.5, 0.6) is 0 Å². The highest BCUT2D eigenvalue weighted by Gasteiger charge is 2.29. The minimum atomic E-state index is -0.386. The largest absolute Gasteiger partial charge is 0.465 e. The predicted octanol–water partition coefficient (Wildman–Crippen LogP) is 3.64. The summed E-state index contributed by atoms with van der Waals surface area (Å²) in [5.41, 5.74) is 3.47. The van der Waals surface area contributed by atoms with E-state index in [-0.39, 0.29) is 18.4 Å². The van der Waals surface area contributed by atoms with Crippen molar-refractivity contribution in [3.05, 3.63) is 53.2 Å². The zero-order valence-corrected chi connectivity index (χ0v) is 17.4. The van der Waals surface area contributed by atoms with Gasteiger partial charge >= 0.3 is 5.97 Å². The maximum atomic E-state index is 12.9. The van der Waals surface area contributed by atoms with E-state index in [0.29, 0.717) is 16.5 Å². The molecule has 1 amide bonds. The van der Waals surface area contributed by atoms with Crippen LogP contribution in [0.25, 0.3) is 17.2 Å². The average Bonchev–Trinajstić information content (AvgIpc) is 3.24. The van der Waals surface area contributed by atoms with Gasteiger partial charge in [0.1, 0.15) is 5.00 Å². The summed E-state index contributed by atoms with van der Waals surface area (Å²) < 4.78 is 8.76. The van der Waals surface area contributed by atoms with E-state index >= 15 is 0 Å². The van der Waals surface area contributed by atoms with Crippen molar-refractivity contribution in [2.75, 3.05) is 12.4 Å². The number of imidazole rings is 1. The van der Waals surface area contributed by atoms with Gasteiger partial charge < -0.3 is 10.1 Å². The maximum absolute atomic E-state index is 12.9. The van der Waals surface area contributed by atoms with Crippen molar-refractivity contribution in [2.45, 2.75) is 32.7 Å². The number of amides is 1. The van der Waals surface area contributed by atoms with Crippen molar-refractivity contribution in [1.82, 2.24) is 4.57 Å². The Kier molecular flexibility index (Phi) is 5.24. The molecule has 0 saturated carbocycles. The first-order chi connectivity index (χ1) is 14.0. The standard InChI is InChI=1S/C22H23N3O3S/c1-4-24-13-25(17-8-6-5-7-16(17)24)12-19(26)23-21-20(22(27)28-3)15-10-9-14(2)11-18(15)29-21/h4-8,13-14H,1,9-12H2,2-3H3/p+1/t14-/m1/s1. The minimum Gasteiger partial charge on any atom is -0.465 e. The summed E-state index contributed by atoms with van der Waals surface area (Å²) >= 11 is 1.50. The van der Waals surface area contributed by atoms with Gasteiger partial charge in [0.25, 0.3) is 5.91 Å². The first-order valence-electron chi connectivity index (χ1n) is 9.66. The molecule has 0 aliphatic heterocycles. The Hall–Kier alpha value is -2.93. The third-order valence-electron chi connectivity index (χ3n) is 5.40. The Bertz CT molecular complexity index is 1110. The molecule has 29 heavy (non-hydrogen) atoms. The van der Waals surface area contributed by atoms with Crippen LogP contribution in [0.2, 0.25) is 0 Å². The van der Waals surface area contributed by atoms with Gasteiger partial charge in [0.15, 0.2) is 17.6 Å². The van der Waals surface area contributed by atoms with Crippen LogP contribution in [-0.2, 0) is 28.9 Å². The highest BCUT2D eigenvalue weighted by Crippen LogP contribution is 2.40. The molecular formula is C22H24N3O3S+. The number of nitrogens with zero attached hydrogens (tertiary/aromatic N) is 2. The molecule has 0 fully saturated rings. The lowest BCUT2D eigenvalue weighted by Crippen LogP contribution is -2.39. The number of anilines is 1. The van der Waals surface area contributed by atoms with E-state index in [1.54, 1.807) is 6.20 Å². The van der Waals surface area contributed by atoms with Crippen LogP contribution in [-0.4, -0.2) is 23.6 Å². The smallest absolute Gasteiger partial charge is 0.341 e. The molecule has 0 unspecified atom stereocenters. The van der Waals surface area contributed by atoms with E-state index in [1.807, 2.05) is 39.7 Å². The number of aromatic nitrogens is 2. The van der Waals surface area contributed by atoms with Gasteiger partial charge in [0, 0.05) is 4.88 Å². The number of hydrogen-bond acceptors (Lipinski definition) is 4. The van der Waals surface area contributed by atoms with Crippen LogP contribution >= 0.6 is 11.3 Å². The number of ether oxygens (including phenoxy) is 1. The number of hydrogen-bond donors (Lipinski definition) is 1. The van der Waals surface area contributed by atoms with Crippen molar-refractivity contribution in [3.63, 3.8) is 0 Å². The fraction of sp³-hybridized carbons (Fsp3) is 0.318. The molecule has 7 heteroatoms. The van der Waals surface area contributed by atoms with Gasteiger partial charge in [-0.1, -0.05) is 25.6 Å². The van der Waals surface area contributed by atoms with Crippen LogP contribution in [0.4, 0.5) is 5.00 Å². The zero-order valence-electron chi connectivity index (χ0n) is 16.6. The molecule has 1 atom stereocenters. The number of nitrogens with one attached hydrogen (secondary N) is 1. The first-order valence-corrected chi connectivity index (χ1v) is 10.5. The second kappa shape index (κ2) is 7.83. The van der Waals surface area contributed by atoms with Gasteiger partial charge in [-0.25, -0.2) is 13.9 Å². The molecule has 150 valence electrons. The number of carbonyl (C=O) groups is 2. The molecule has 1 aliphatic rings. The summed E-state index contributed by atoms with van der Waals surface area (Å²) in [5.74, 6) is 0.0119. The second-order valence-electron chi connectivity index (χ2n) is 7.42. The van der Waals surface area contributed by atoms with Gasteiger partial charge in [-0.05, 0) is 42.9 Å². The Balaban J connectivity index is 1.62. The van der Waals surface area contributed by atoms with E-state index in [1.165, 1.54) is 23.3 Å². The fourth-order valence-electron chi connectivity index (χ4n) is 3.95. The second-order valence-corrected chi connectivity index (χ2v) is 8.52. The topological polar surface area (TPSA) is 64.2 Å². The number of para-hydroxylation sites is 2. The first kappa shape index (κ1) is 19.4. The Morgan fingerprint density at radius 2 is 2.21 bits per heavy atom. The molecular weight excluding hydrogens is 386 g/mol. The van der Waals surface area contributed by atoms with Crippen molar-refractivity contribution >= 4 is 45.4 Å². The lowest BCUT2D eigenvalue weighted by molar-refractivity contribution is -0.658. The monoisotopic (exact) mass is 410 g/mol. The number of fused-ring (bicyclic) bond motifs is 2. The summed E-state index contributed by atoms with van der Waals surface area (Å²) in [7, 11) is 1.38. The third-order valence-corrected chi connectivity index (χ3v) is 6.57. The molecule has 2 aromatic heterocycles. The highest BCUT2D eigenvalue weighted by atomic mass is 32.1. The van der Waals surface area contributed by atoms with E-state index in [2.05, 4.69) is 18.8 Å². The summed E-state index contributed by atoms with van der Waals surface area (Å²) in [4.78, 5) is 26.4. The minimum absolute atomic E-state index is 0.140. The summed E-state index contributed by atoms with van der Waals surface area (Å²) in [6, 6.07) is 7.84. The highest BCUT2D eigenvalue weighted by molar-refractivity contribution is 7.17. The van der Waals surface area contributed by atoms with Gasteiger partial charge in [-0.2, -0.15) is 0 Å². The zero-order chi connectivity index (χ0) is 20.5. The third kappa shape index (κ3) is 3.58. The number of esters is 1. The maximum Gasteiger partial charge on any atom is 0.341 e. The Morgan fingerprint density at radius 1 is 1.41 bits per heavy atom. The predicted molar refractivity (Wildman–Crippen MR) is 114 cm³/mol. The van der Waals surface area contributed by atoms with Crippen LogP contribution in [0, 0.1) is 5.92 Å². The SMILES string of the molecule is C=Cn1c[n+](CC(=O)Nc2sc3c(c2C(=O)OC)CC[C@@H](C)C3)c2ccccc21. The average molecular weight is 411 g/mol. The van der Waals surface area contributed by atoms with E-state index in [0.717, 1.165) is 35.9 Å². The summed E-state index contributed by atoms with van der Waals surface area (Å²) in [5, 5.41) is 3.55. The fourth-order valence-corrected chi connectivity index (χ4v) is 5.36. The Labute approximate surface area is 173 Å². The molecule has 4 rings (SSSR count). The van der Waals surface area contributed by atoms with Crippen molar-refractivity contribution in [3.8, 4) is 0 Å². The van der Waals surface area contributed by atoms with Gasteiger partial charge in [-0.15, -0.1) is 11.3 Å². The summed E-state index contributed by atoms with van der Waals surface area (Å²) in [6.45, 7) is 6.18. The van der Waals surface area contributed by atoms with Gasteiger partial charge in [0.2, 0.25) is 6.33 Å². The van der Waals surface area contributed by atoms with Gasteiger partial charge in [0.05, 0.1) is 18.9 Å². The van der Waals surface area contributed by atoms with Crippen LogP contribution in [0.1, 0.15) is 34.1 Å². The van der Waals surface area contributed by atoms with Crippen LogP contribution in [0.3, 0.4) is 0 Å². The van der Waals surface area contributed by atoms with Crippen LogP contribution < -0.4 is 9.88 Å². The van der Waals surface area contributed by atoms with Crippen molar-refractivity contribution in [1.29, 1.82) is 0 Å². The van der Waals surface area contributed by atoms with Crippen LogP contribution in [0.15, 0.2) is 37.2 Å². The van der Waals surface area contributed by atoms with Gasteiger partial charge in [-0.3, -0.25) is 4.79 Å². The van der Waals surface area contributed by atoms with Crippen molar-refractivity contribution in [2.24, 2.45) is 5.92 Å². The van der Waals surface area contributed by atoms with E-state index in [4.69, 9.17) is 4.74 Å². The molecule has 3 aromatic rings. The number of methoxy groups -OCH3 is 1. The Morgan fingerprint density at radius 3 is 2.97 bits per heavy atom. The normalized spacial score (nSPS) is 15.7. The summed E-state index contributed by atoms with van der Waals surface area (Å²) in [6.07, 6.45) is 6.37. The molecule has 0 radical (unpaired) electrons. The lowest BCUT2D eigenvalue weighted by Gasteiger charge is -2.18. The molecule has 1 N–H and O–H groups in total. The number of carbonyl (C=O) groups excluding carboxylic acids is 2. The molecule has 0 saturated heterocycles. The number of thiophene rings is 1. The van der Waals surface area contributed by atoms with E-state index < -0.39 is 0 Å². The lowest BCUT2D eigenvalue weighted by atomic mass is 9.88. The molecule has 0 spiro atoms. The van der Waals surface area contributed by atoms with E-state index in [9.17, 15) is 9.59 Å². The number of rotatable bonds is 5. The molecule has 1 aliphatic carbocycles. The molecule has 2 heterocycles. The molecule has 6 nitrogen and oxygen atoms in total. The number of benzene rings is 1. The molecule has 1 aromatic carbocycles. The molecule has 0 bridgehead atoms.